The lowest BCUT2D eigenvalue weighted by Gasteiger charge is -2.28. The Balaban J connectivity index is 1.71. The van der Waals surface area contributed by atoms with E-state index in [0.717, 1.165) is 17.8 Å². The number of nitrogens with zero attached hydrogens (tertiary/aromatic N) is 1. The molecule has 3 aromatic rings. The van der Waals surface area contributed by atoms with Crippen LogP contribution < -0.4 is 0 Å². The van der Waals surface area contributed by atoms with Gasteiger partial charge in [-0.25, -0.2) is 4.99 Å². The van der Waals surface area contributed by atoms with Crippen LogP contribution in [0.5, 0.6) is 0 Å². The zero-order valence-corrected chi connectivity index (χ0v) is 18.2. The average Bonchev–Trinajstić information content (AvgIpc) is 2.82. The van der Waals surface area contributed by atoms with Crippen LogP contribution in [0.15, 0.2) is 106 Å². The standard InChI is InChI=1S/C28H25NS/c1-19(21-11-5-3-6-12-21)23-17-18-26-28(29-24-15-9-10-16-25(24)30-26)27(23)20(2)22-13-7-4-8-14-22/h3-9,11-20H,10H2,1-2H3. The molecule has 5 rings (SSSR count). The van der Waals surface area contributed by atoms with Gasteiger partial charge in [0.1, 0.15) is 0 Å². The molecule has 1 nitrogen and oxygen atoms in total. The van der Waals surface area contributed by atoms with Crippen LogP contribution in [0, 0.1) is 0 Å². The highest BCUT2D eigenvalue weighted by atomic mass is 32.2. The van der Waals surface area contributed by atoms with E-state index in [1.807, 2.05) is 11.8 Å². The van der Waals surface area contributed by atoms with Gasteiger partial charge >= 0.3 is 0 Å². The Hall–Kier alpha value is -2.84. The molecule has 0 bridgehead atoms. The van der Waals surface area contributed by atoms with Crippen molar-refractivity contribution in [2.75, 3.05) is 0 Å². The van der Waals surface area contributed by atoms with E-state index >= 15 is 0 Å². The summed E-state index contributed by atoms with van der Waals surface area (Å²) in [6, 6.07) is 26.2. The number of benzene rings is 3. The first-order valence-electron chi connectivity index (χ1n) is 10.6. The second-order valence-corrected chi connectivity index (χ2v) is 9.07. The van der Waals surface area contributed by atoms with E-state index in [9.17, 15) is 0 Å². The van der Waals surface area contributed by atoms with Gasteiger partial charge in [0.05, 0.1) is 11.4 Å². The quantitative estimate of drug-likeness (QED) is 0.426. The van der Waals surface area contributed by atoms with Crippen molar-refractivity contribution in [2.45, 2.75) is 37.0 Å². The van der Waals surface area contributed by atoms with Gasteiger partial charge in [0.15, 0.2) is 0 Å². The molecule has 0 saturated heterocycles. The van der Waals surface area contributed by atoms with Gasteiger partial charge in [-0.3, -0.25) is 0 Å². The summed E-state index contributed by atoms with van der Waals surface area (Å²) in [5.41, 5.74) is 7.65. The Labute approximate surface area is 183 Å². The van der Waals surface area contributed by atoms with Gasteiger partial charge < -0.3 is 0 Å². The van der Waals surface area contributed by atoms with Gasteiger partial charge in [0.25, 0.3) is 0 Å². The van der Waals surface area contributed by atoms with E-state index in [2.05, 4.69) is 105 Å². The van der Waals surface area contributed by atoms with Crippen LogP contribution in [0.4, 0.5) is 5.69 Å². The number of fused-ring (bicyclic) bond motifs is 2. The van der Waals surface area contributed by atoms with Crippen molar-refractivity contribution < 1.29 is 0 Å². The van der Waals surface area contributed by atoms with Crippen molar-refractivity contribution in [1.29, 1.82) is 0 Å². The first-order valence-corrected chi connectivity index (χ1v) is 11.4. The minimum atomic E-state index is 0.269. The average molecular weight is 408 g/mol. The first kappa shape index (κ1) is 19.1. The summed E-state index contributed by atoms with van der Waals surface area (Å²) in [5.74, 6) is 0.576. The lowest BCUT2D eigenvalue weighted by molar-refractivity contribution is 0.838. The van der Waals surface area contributed by atoms with Gasteiger partial charge in [-0.2, -0.15) is 0 Å². The molecule has 30 heavy (non-hydrogen) atoms. The van der Waals surface area contributed by atoms with Crippen molar-refractivity contribution in [1.82, 2.24) is 0 Å². The van der Waals surface area contributed by atoms with E-state index < -0.39 is 0 Å². The van der Waals surface area contributed by atoms with E-state index in [0.29, 0.717) is 5.92 Å². The van der Waals surface area contributed by atoms with E-state index in [4.69, 9.17) is 4.99 Å². The molecule has 148 valence electrons. The normalized spacial score (nSPS) is 16.7. The molecule has 1 aliphatic carbocycles. The molecule has 0 saturated carbocycles. The molecular formula is C28H25NS. The molecule has 0 fully saturated rings. The zero-order chi connectivity index (χ0) is 20.5. The predicted molar refractivity (Wildman–Crippen MR) is 129 cm³/mol. The van der Waals surface area contributed by atoms with E-state index in [1.165, 1.54) is 32.1 Å². The smallest absolute Gasteiger partial charge is 0.0817 e. The predicted octanol–water partition coefficient (Wildman–Crippen LogP) is 8.01. The topological polar surface area (TPSA) is 12.4 Å². The summed E-state index contributed by atoms with van der Waals surface area (Å²) in [7, 11) is 0. The van der Waals surface area contributed by atoms with E-state index in [-0.39, 0.29) is 5.92 Å². The number of hydrogen-bond donors (Lipinski definition) is 0. The molecule has 2 aliphatic rings. The Kier molecular flexibility index (Phi) is 5.18. The van der Waals surface area contributed by atoms with Crippen LogP contribution >= 0.6 is 11.8 Å². The van der Waals surface area contributed by atoms with Crippen LogP contribution in [0.3, 0.4) is 0 Å². The number of rotatable bonds is 4. The van der Waals surface area contributed by atoms with Gasteiger partial charge in [0, 0.05) is 21.6 Å². The third-order valence-corrected chi connectivity index (χ3v) is 7.28. The zero-order valence-electron chi connectivity index (χ0n) is 17.4. The Morgan fingerprint density at radius 1 is 0.800 bits per heavy atom. The summed E-state index contributed by atoms with van der Waals surface area (Å²) >= 11 is 1.86. The molecule has 0 aromatic heterocycles. The van der Waals surface area contributed by atoms with Crippen molar-refractivity contribution in [3.63, 3.8) is 0 Å². The fourth-order valence-corrected chi connectivity index (χ4v) is 5.45. The number of aliphatic imine (C=N–C) groups is 1. The first-order chi connectivity index (χ1) is 14.7. The van der Waals surface area contributed by atoms with Crippen LogP contribution in [0.2, 0.25) is 0 Å². The Bertz CT molecular complexity index is 1160. The molecule has 0 N–H and O–H groups in total. The Morgan fingerprint density at radius 3 is 2.17 bits per heavy atom. The summed E-state index contributed by atoms with van der Waals surface area (Å²) in [6.07, 6.45) is 7.65. The monoisotopic (exact) mass is 407 g/mol. The minimum Gasteiger partial charge on any atom is -0.246 e. The fraction of sp³-hybridized carbons (Fsp3) is 0.179. The molecule has 2 heteroatoms. The molecule has 2 atom stereocenters. The molecular weight excluding hydrogens is 382 g/mol. The maximum Gasteiger partial charge on any atom is 0.0817 e. The van der Waals surface area contributed by atoms with Crippen molar-refractivity contribution in [3.8, 4) is 0 Å². The van der Waals surface area contributed by atoms with Gasteiger partial charge in [-0.1, -0.05) is 104 Å². The second-order valence-electron chi connectivity index (χ2n) is 7.99. The van der Waals surface area contributed by atoms with Crippen molar-refractivity contribution in [3.05, 3.63) is 118 Å². The third-order valence-electron chi connectivity index (χ3n) is 6.13. The third kappa shape index (κ3) is 3.46. The van der Waals surface area contributed by atoms with Gasteiger partial charge in [0.2, 0.25) is 0 Å². The van der Waals surface area contributed by atoms with Crippen LogP contribution in [-0.4, -0.2) is 5.71 Å². The highest BCUT2D eigenvalue weighted by molar-refractivity contribution is 8.04. The molecule has 1 heterocycles. The molecule has 0 spiro atoms. The summed E-state index contributed by atoms with van der Waals surface area (Å²) in [6.45, 7) is 4.63. The lowest BCUT2D eigenvalue weighted by atomic mass is 9.82. The fourth-order valence-electron chi connectivity index (χ4n) is 4.43. The minimum absolute atomic E-state index is 0.269. The number of thioether (sulfide) groups is 1. The summed E-state index contributed by atoms with van der Waals surface area (Å²) in [5, 5.41) is 0. The lowest BCUT2D eigenvalue weighted by Crippen LogP contribution is -2.10. The maximum atomic E-state index is 5.19. The molecule has 0 amide bonds. The maximum absolute atomic E-state index is 5.19. The Morgan fingerprint density at radius 2 is 1.47 bits per heavy atom. The van der Waals surface area contributed by atoms with E-state index in [1.54, 1.807) is 0 Å². The second kappa shape index (κ2) is 8.12. The van der Waals surface area contributed by atoms with Crippen LogP contribution in [0.25, 0.3) is 0 Å². The van der Waals surface area contributed by atoms with Crippen LogP contribution in [-0.2, 0) is 0 Å². The van der Waals surface area contributed by atoms with Gasteiger partial charge in [-0.15, -0.1) is 0 Å². The molecule has 1 aliphatic heterocycles. The van der Waals surface area contributed by atoms with Crippen LogP contribution in [0.1, 0.15) is 54.4 Å². The SMILES string of the molecule is CC(c1ccccc1)c1ccc2c(c1C(C)c1ccccc1)N=C1C=CCC=C1S2. The summed E-state index contributed by atoms with van der Waals surface area (Å²) < 4.78 is 0. The van der Waals surface area contributed by atoms with Gasteiger partial charge in [-0.05, 0) is 40.8 Å². The molecule has 3 aromatic carbocycles. The van der Waals surface area contributed by atoms with Crippen molar-refractivity contribution in [2.24, 2.45) is 4.99 Å². The highest BCUT2D eigenvalue weighted by Gasteiger charge is 2.27. The largest absolute Gasteiger partial charge is 0.246 e. The molecule has 0 radical (unpaired) electrons. The number of allylic oxidation sites excluding steroid dienone is 4. The highest BCUT2D eigenvalue weighted by Crippen LogP contribution is 2.49. The molecule has 2 unspecified atom stereocenters. The van der Waals surface area contributed by atoms with Crippen molar-refractivity contribution >= 4 is 23.2 Å². The number of hydrogen-bond acceptors (Lipinski definition) is 2. The summed E-state index contributed by atoms with van der Waals surface area (Å²) in [4.78, 5) is 7.74.